The van der Waals surface area contributed by atoms with Gasteiger partial charge in [-0.15, -0.1) is 0 Å². The van der Waals surface area contributed by atoms with Gasteiger partial charge in [0.25, 0.3) is 0 Å². The Balaban J connectivity index is 1.84. The number of hydrogen-bond donors (Lipinski definition) is 0. The molecular formula is C15H14F4N2O2. The van der Waals surface area contributed by atoms with Crippen molar-refractivity contribution in [3.63, 3.8) is 0 Å². The number of piperazine rings is 1. The van der Waals surface area contributed by atoms with Crippen molar-refractivity contribution in [2.75, 3.05) is 13.1 Å². The van der Waals surface area contributed by atoms with Gasteiger partial charge in [0.1, 0.15) is 18.4 Å². The van der Waals surface area contributed by atoms with E-state index < -0.39 is 23.6 Å². The van der Waals surface area contributed by atoms with E-state index in [0.29, 0.717) is 31.5 Å². The molecule has 0 N–H and O–H groups in total. The third kappa shape index (κ3) is 2.89. The fraction of sp³-hybridized carbons (Fsp3) is 0.467. The third-order valence-corrected chi connectivity index (χ3v) is 4.23. The fourth-order valence-electron chi connectivity index (χ4n) is 3.08. The van der Waals surface area contributed by atoms with E-state index in [1.54, 1.807) is 0 Å². The minimum atomic E-state index is -4.59. The molecule has 0 bridgehead atoms. The normalized spacial score (nSPS) is 21.8. The molecule has 2 fully saturated rings. The van der Waals surface area contributed by atoms with Gasteiger partial charge in [-0.25, -0.2) is 4.39 Å². The van der Waals surface area contributed by atoms with Crippen molar-refractivity contribution in [1.82, 2.24) is 9.80 Å². The smallest absolute Gasteiger partial charge is 0.329 e. The van der Waals surface area contributed by atoms with Crippen molar-refractivity contribution < 1.29 is 27.2 Å². The van der Waals surface area contributed by atoms with Gasteiger partial charge in [-0.05, 0) is 31.0 Å². The summed E-state index contributed by atoms with van der Waals surface area (Å²) >= 11 is 0. The Bertz CT molecular complexity index is 659. The lowest BCUT2D eigenvalue weighted by Gasteiger charge is -2.36. The van der Waals surface area contributed by atoms with Crippen LogP contribution in [0.15, 0.2) is 18.2 Å². The van der Waals surface area contributed by atoms with Crippen LogP contribution in [0.1, 0.15) is 24.0 Å². The molecule has 3 rings (SSSR count). The van der Waals surface area contributed by atoms with Gasteiger partial charge in [-0.2, -0.15) is 13.2 Å². The van der Waals surface area contributed by atoms with Gasteiger partial charge in [0.05, 0.1) is 5.56 Å². The molecule has 1 aromatic rings. The van der Waals surface area contributed by atoms with Gasteiger partial charge in [-0.3, -0.25) is 9.59 Å². The zero-order valence-electron chi connectivity index (χ0n) is 12.1. The summed E-state index contributed by atoms with van der Waals surface area (Å²) in [5.74, 6) is -1.41. The minimum Gasteiger partial charge on any atom is -0.329 e. The van der Waals surface area contributed by atoms with E-state index in [1.165, 1.54) is 4.90 Å². The highest BCUT2D eigenvalue weighted by atomic mass is 19.4. The average Bonchev–Trinajstić information content (AvgIpc) is 2.95. The first-order valence-electron chi connectivity index (χ1n) is 7.21. The van der Waals surface area contributed by atoms with E-state index in [0.717, 1.165) is 11.0 Å². The summed E-state index contributed by atoms with van der Waals surface area (Å²) in [6.45, 7) is -0.0588. The number of carbonyl (C=O) groups is 2. The fourth-order valence-corrected chi connectivity index (χ4v) is 3.08. The first kappa shape index (κ1) is 15.8. The lowest BCUT2D eigenvalue weighted by molar-refractivity contribution is -0.154. The lowest BCUT2D eigenvalue weighted by Crippen LogP contribution is -2.56. The van der Waals surface area contributed by atoms with Crippen LogP contribution in [-0.2, 0) is 22.3 Å². The number of nitrogens with zero attached hydrogens (tertiary/aromatic N) is 2. The van der Waals surface area contributed by atoms with Gasteiger partial charge in [0.15, 0.2) is 0 Å². The standard InChI is InChI=1S/C15H14F4N2O2/c16-11-4-3-10(15(17,18)19)6-9(11)7-20-8-13(22)21-5-1-2-12(21)14(20)23/h3-4,6,12H,1-2,5,7-8H2/t12-/m0/s1. The molecule has 4 nitrogen and oxygen atoms in total. The van der Waals surface area contributed by atoms with Gasteiger partial charge in [0.2, 0.25) is 11.8 Å². The summed E-state index contributed by atoms with van der Waals surface area (Å²) in [4.78, 5) is 26.9. The van der Waals surface area contributed by atoms with Crippen LogP contribution in [0.2, 0.25) is 0 Å². The molecule has 0 spiro atoms. The van der Waals surface area contributed by atoms with E-state index in [1.807, 2.05) is 0 Å². The van der Waals surface area contributed by atoms with E-state index in [2.05, 4.69) is 0 Å². The molecule has 2 aliphatic rings. The molecule has 1 aromatic carbocycles. The Kier molecular flexibility index (Phi) is 3.77. The summed E-state index contributed by atoms with van der Waals surface area (Å²) in [7, 11) is 0. The first-order chi connectivity index (χ1) is 10.8. The van der Waals surface area contributed by atoms with Gasteiger partial charge in [0, 0.05) is 18.7 Å². The molecule has 2 saturated heterocycles. The molecule has 0 radical (unpaired) electrons. The average molecular weight is 330 g/mol. The summed E-state index contributed by atoms with van der Waals surface area (Å²) < 4.78 is 52.0. The highest BCUT2D eigenvalue weighted by molar-refractivity contribution is 5.95. The predicted octanol–water partition coefficient (Wildman–Crippen LogP) is 2.18. The number of carbonyl (C=O) groups excluding carboxylic acids is 2. The molecule has 0 aromatic heterocycles. The summed E-state index contributed by atoms with van der Waals surface area (Å²) in [6.07, 6.45) is -3.34. The van der Waals surface area contributed by atoms with E-state index in [9.17, 15) is 27.2 Å². The largest absolute Gasteiger partial charge is 0.416 e. The molecule has 2 amide bonds. The highest BCUT2D eigenvalue weighted by Crippen LogP contribution is 2.31. The van der Waals surface area contributed by atoms with Crippen molar-refractivity contribution in [3.8, 4) is 0 Å². The molecular weight excluding hydrogens is 316 g/mol. The number of fused-ring (bicyclic) bond motifs is 1. The number of amides is 2. The Labute approximate surface area is 129 Å². The number of halogens is 4. The van der Waals surface area contributed by atoms with Crippen LogP contribution in [0.5, 0.6) is 0 Å². The Hall–Kier alpha value is -2.12. The van der Waals surface area contributed by atoms with Gasteiger partial charge >= 0.3 is 6.18 Å². The maximum atomic E-state index is 13.8. The monoisotopic (exact) mass is 330 g/mol. The van der Waals surface area contributed by atoms with Crippen molar-refractivity contribution in [2.24, 2.45) is 0 Å². The van der Waals surface area contributed by atoms with Crippen molar-refractivity contribution in [2.45, 2.75) is 31.6 Å². The number of rotatable bonds is 2. The second-order valence-corrected chi connectivity index (χ2v) is 5.74. The van der Waals surface area contributed by atoms with E-state index in [-0.39, 0.29) is 30.5 Å². The van der Waals surface area contributed by atoms with Crippen LogP contribution in [0.3, 0.4) is 0 Å². The first-order valence-corrected chi connectivity index (χ1v) is 7.21. The predicted molar refractivity (Wildman–Crippen MR) is 71.6 cm³/mol. The van der Waals surface area contributed by atoms with Crippen LogP contribution in [0, 0.1) is 5.82 Å². The molecule has 2 aliphatic heterocycles. The highest BCUT2D eigenvalue weighted by Gasteiger charge is 2.42. The van der Waals surface area contributed by atoms with E-state index in [4.69, 9.17) is 0 Å². The summed E-state index contributed by atoms with van der Waals surface area (Å²) in [5.41, 5.74) is -1.22. The number of benzene rings is 1. The van der Waals surface area contributed by atoms with Crippen molar-refractivity contribution in [1.29, 1.82) is 0 Å². The Morgan fingerprint density at radius 1 is 1.22 bits per heavy atom. The van der Waals surface area contributed by atoms with Crippen LogP contribution in [0.4, 0.5) is 17.6 Å². The Morgan fingerprint density at radius 2 is 1.96 bits per heavy atom. The quantitative estimate of drug-likeness (QED) is 0.780. The molecule has 0 aliphatic carbocycles. The molecule has 1 atom stereocenters. The second-order valence-electron chi connectivity index (χ2n) is 5.74. The van der Waals surface area contributed by atoms with Crippen LogP contribution in [0.25, 0.3) is 0 Å². The molecule has 124 valence electrons. The van der Waals surface area contributed by atoms with Crippen LogP contribution >= 0.6 is 0 Å². The Morgan fingerprint density at radius 3 is 2.65 bits per heavy atom. The molecule has 2 heterocycles. The maximum absolute atomic E-state index is 13.8. The van der Waals surface area contributed by atoms with Gasteiger partial charge < -0.3 is 9.80 Å². The molecule has 0 unspecified atom stereocenters. The SMILES string of the molecule is O=C1[C@@H]2CCCN2C(=O)CN1Cc1cc(C(F)(F)F)ccc1F. The second kappa shape index (κ2) is 5.50. The van der Waals surface area contributed by atoms with Crippen molar-refractivity contribution in [3.05, 3.63) is 35.1 Å². The summed E-state index contributed by atoms with van der Waals surface area (Å²) in [5, 5.41) is 0. The maximum Gasteiger partial charge on any atom is 0.416 e. The van der Waals surface area contributed by atoms with Crippen LogP contribution < -0.4 is 0 Å². The topological polar surface area (TPSA) is 40.6 Å². The lowest BCUT2D eigenvalue weighted by atomic mass is 10.1. The van der Waals surface area contributed by atoms with E-state index >= 15 is 0 Å². The van der Waals surface area contributed by atoms with Crippen molar-refractivity contribution >= 4 is 11.8 Å². The zero-order valence-corrected chi connectivity index (χ0v) is 12.1. The third-order valence-electron chi connectivity index (χ3n) is 4.23. The number of hydrogen-bond acceptors (Lipinski definition) is 2. The van der Waals surface area contributed by atoms with Crippen LogP contribution in [-0.4, -0.2) is 40.7 Å². The molecule has 23 heavy (non-hydrogen) atoms. The zero-order chi connectivity index (χ0) is 16.8. The minimum absolute atomic E-state index is 0.231. The van der Waals surface area contributed by atoms with Gasteiger partial charge in [-0.1, -0.05) is 0 Å². The summed E-state index contributed by atoms with van der Waals surface area (Å²) in [6, 6.07) is 1.51. The molecule has 8 heteroatoms. The molecule has 0 saturated carbocycles. The number of alkyl halides is 3.